The molecule has 0 fully saturated rings. The normalized spacial score (nSPS) is 13.4. The predicted octanol–water partition coefficient (Wildman–Crippen LogP) is 0.741. The molecule has 11 heavy (non-hydrogen) atoms. The van der Waals surface area contributed by atoms with E-state index < -0.39 is 0 Å². The zero-order valence-corrected chi connectivity index (χ0v) is 6.86. The van der Waals surface area contributed by atoms with Crippen molar-refractivity contribution in [2.75, 3.05) is 0 Å². The van der Waals surface area contributed by atoms with Gasteiger partial charge < -0.3 is 5.11 Å². The minimum absolute atomic E-state index is 0.0112. The molecule has 0 radical (unpaired) electrons. The largest absolute Gasteiger partial charge is 0.390 e. The molecular weight excluding hydrogens is 142 g/mol. The Morgan fingerprint density at radius 3 is 3.00 bits per heavy atom. The second-order valence-corrected chi connectivity index (χ2v) is 2.59. The molecule has 0 amide bonds. The summed E-state index contributed by atoms with van der Waals surface area (Å²) in [5, 5.41) is 16.4. The van der Waals surface area contributed by atoms with Crippen LogP contribution in [0.4, 0.5) is 0 Å². The third kappa shape index (κ3) is 1.57. The number of nitrogens with zero attached hydrogens (tertiary/aromatic N) is 3. The molecule has 0 aliphatic heterocycles. The minimum Gasteiger partial charge on any atom is -0.390 e. The molecule has 1 heterocycles. The second kappa shape index (κ2) is 3.48. The van der Waals surface area contributed by atoms with Crippen molar-refractivity contribution < 1.29 is 5.11 Å². The van der Waals surface area contributed by atoms with E-state index in [1.165, 1.54) is 0 Å². The molecule has 0 aliphatic rings. The van der Waals surface area contributed by atoms with Gasteiger partial charge in [-0.2, -0.15) is 0 Å². The summed E-state index contributed by atoms with van der Waals surface area (Å²) in [6, 6.07) is 0.319. The van der Waals surface area contributed by atoms with Crippen LogP contribution in [0.25, 0.3) is 0 Å². The van der Waals surface area contributed by atoms with Crippen LogP contribution in [-0.4, -0.2) is 20.1 Å². The van der Waals surface area contributed by atoms with Gasteiger partial charge in [-0.1, -0.05) is 12.1 Å². The summed E-state index contributed by atoms with van der Waals surface area (Å²) in [5.74, 6) is 0. The maximum atomic E-state index is 8.85. The molecule has 0 saturated carbocycles. The summed E-state index contributed by atoms with van der Waals surface area (Å²) in [6.07, 6.45) is 2.59. The first-order chi connectivity index (χ1) is 5.29. The molecule has 1 aromatic rings. The fourth-order valence-electron chi connectivity index (χ4n) is 0.922. The van der Waals surface area contributed by atoms with Gasteiger partial charge in [0.1, 0.15) is 0 Å². The smallest absolute Gasteiger partial charge is 0.0866 e. The van der Waals surface area contributed by atoms with Crippen molar-refractivity contribution in [3.05, 3.63) is 11.9 Å². The summed E-state index contributed by atoms with van der Waals surface area (Å²) in [7, 11) is 0. The third-order valence-electron chi connectivity index (χ3n) is 1.82. The van der Waals surface area contributed by atoms with Gasteiger partial charge >= 0.3 is 0 Å². The maximum absolute atomic E-state index is 8.85. The van der Waals surface area contributed by atoms with Crippen LogP contribution in [0.1, 0.15) is 32.0 Å². The van der Waals surface area contributed by atoms with Gasteiger partial charge in [-0.25, -0.2) is 4.68 Å². The number of hydrogen-bond donors (Lipinski definition) is 1. The molecule has 1 N–H and O–H groups in total. The number of hydrogen-bond acceptors (Lipinski definition) is 3. The Balaban J connectivity index is 2.83. The number of aliphatic hydroxyl groups is 1. The zero-order valence-electron chi connectivity index (χ0n) is 6.86. The SMILES string of the molecule is CCC(C)n1nncc1CO. The molecule has 1 aromatic heterocycles. The lowest BCUT2D eigenvalue weighted by Gasteiger charge is -2.10. The molecule has 4 nitrogen and oxygen atoms in total. The molecule has 0 saturated heterocycles. The summed E-state index contributed by atoms with van der Waals surface area (Å²) in [5.41, 5.74) is 0.777. The summed E-state index contributed by atoms with van der Waals surface area (Å²) in [6.45, 7) is 4.14. The van der Waals surface area contributed by atoms with E-state index in [-0.39, 0.29) is 6.61 Å². The van der Waals surface area contributed by atoms with Crippen LogP contribution >= 0.6 is 0 Å². The van der Waals surface area contributed by atoms with Gasteiger partial charge in [-0.05, 0) is 13.3 Å². The number of rotatable bonds is 3. The highest BCUT2D eigenvalue weighted by atomic mass is 16.3. The van der Waals surface area contributed by atoms with Crippen molar-refractivity contribution in [3.63, 3.8) is 0 Å². The second-order valence-electron chi connectivity index (χ2n) is 2.59. The maximum Gasteiger partial charge on any atom is 0.0866 e. The van der Waals surface area contributed by atoms with Crippen molar-refractivity contribution in [1.82, 2.24) is 15.0 Å². The third-order valence-corrected chi connectivity index (χ3v) is 1.82. The van der Waals surface area contributed by atoms with Gasteiger partial charge in [0.05, 0.1) is 24.5 Å². The van der Waals surface area contributed by atoms with E-state index in [1.807, 2.05) is 6.92 Å². The van der Waals surface area contributed by atoms with Crippen LogP contribution in [0.2, 0.25) is 0 Å². The van der Waals surface area contributed by atoms with E-state index in [0.717, 1.165) is 12.1 Å². The lowest BCUT2D eigenvalue weighted by Crippen LogP contribution is -2.09. The minimum atomic E-state index is 0.0112. The lowest BCUT2D eigenvalue weighted by molar-refractivity contribution is 0.262. The van der Waals surface area contributed by atoms with Gasteiger partial charge in [0.25, 0.3) is 0 Å². The average Bonchev–Trinajstić information content (AvgIpc) is 2.50. The van der Waals surface area contributed by atoms with Crippen molar-refractivity contribution in [2.45, 2.75) is 32.9 Å². The topological polar surface area (TPSA) is 50.9 Å². The molecule has 1 atom stereocenters. The molecule has 0 aliphatic carbocycles. The molecular formula is C7H13N3O. The number of aliphatic hydroxyl groups excluding tert-OH is 1. The van der Waals surface area contributed by atoms with E-state index in [1.54, 1.807) is 10.9 Å². The lowest BCUT2D eigenvalue weighted by atomic mass is 10.2. The highest BCUT2D eigenvalue weighted by Crippen LogP contribution is 2.10. The van der Waals surface area contributed by atoms with Gasteiger partial charge in [-0.15, -0.1) is 5.10 Å². The molecule has 0 spiro atoms. The summed E-state index contributed by atoms with van der Waals surface area (Å²) >= 11 is 0. The van der Waals surface area contributed by atoms with Crippen molar-refractivity contribution in [1.29, 1.82) is 0 Å². The van der Waals surface area contributed by atoms with Crippen molar-refractivity contribution in [2.24, 2.45) is 0 Å². The van der Waals surface area contributed by atoms with Gasteiger partial charge in [-0.3, -0.25) is 0 Å². The van der Waals surface area contributed by atoms with Crippen LogP contribution in [-0.2, 0) is 6.61 Å². The highest BCUT2D eigenvalue weighted by Gasteiger charge is 2.07. The monoisotopic (exact) mass is 155 g/mol. The van der Waals surface area contributed by atoms with Crippen molar-refractivity contribution >= 4 is 0 Å². The molecule has 0 bridgehead atoms. The fraction of sp³-hybridized carbons (Fsp3) is 0.714. The van der Waals surface area contributed by atoms with Gasteiger partial charge in [0, 0.05) is 0 Å². The van der Waals surface area contributed by atoms with Gasteiger partial charge in [0.2, 0.25) is 0 Å². The molecule has 1 unspecified atom stereocenters. The fourth-order valence-corrected chi connectivity index (χ4v) is 0.922. The molecule has 1 rings (SSSR count). The molecule has 4 heteroatoms. The quantitative estimate of drug-likeness (QED) is 0.700. The Morgan fingerprint density at radius 1 is 1.73 bits per heavy atom. The first-order valence-electron chi connectivity index (χ1n) is 3.79. The first kappa shape index (κ1) is 8.20. The Bertz CT molecular complexity index is 221. The van der Waals surface area contributed by atoms with E-state index >= 15 is 0 Å². The summed E-state index contributed by atoms with van der Waals surface area (Å²) in [4.78, 5) is 0. The zero-order chi connectivity index (χ0) is 8.27. The first-order valence-corrected chi connectivity index (χ1v) is 3.79. The van der Waals surface area contributed by atoms with E-state index in [0.29, 0.717) is 6.04 Å². The van der Waals surface area contributed by atoms with E-state index in [4.69, 9.17) is 5.11 Å². The average molecular weight is 155 g/mol. The summed E-state index contributed by atoms with van der Waals surface area (Å²) < 4.78 is 1.75. The Kier molecular flexibility index (Phi) is 2.59. The van der Waals surface area contributed by atoms with E-state index in [2.05, 4.69) is 17.2 Å². The van der Waals surface area contributed by atoms with Crippen LogP contribution < -0.4 is 0 Å². The highest BCUT2D eigenvalue weighted by molar-refractivity contribution is 4.92. The van der Waals surface area contributed by atoms with Crippen molar-refractivity contribution in [3.8, 4) is 0 Å². The number of aromatic nitrogens is 3. The van der Waals surface area contributed by atoms with Crippen LogP contribution in [0.15, 0.2) is 6.20 Å². The van der Waals surface area contributed by atoms with E-state index in [9.17, 15) is 0 Å². The van der Waals surface area contributed by atoms with Gasteiger partial charge in [0.15, 0.2) is 0 Å². The predicted molar refractivity (Wildman–Crippen MR) is 40.9 cm³/mol. The standard InChI is InChI=1S/C7H13N3O/c1-3-6(2)10-7(5-11)4-8-9-10/h4,6,11H,3,5H2,1-2H3. The Labute approximate surface area is 65.8 Å². The molecule has 0 aromatic carbocycles. The van der Waals surface area contributed by atoms with Crippen LogP contribution in [0.3, 0.4) is 0 Å². The Morgan fingerprint density at radius 2 is 2.45 bits per heavy atom. The van der Waals surface area contributed by atoms with Crippen LogP contribution in [0, 0.1) is 0 Å². The Hall–Kier alpha value is -0.900. The molecule has 62 valence electrons. The van der Waals surface area contributed by atoms with Crippen LogP contribution in [0.5, 0.6) is 0 Å².